The Morgan fingerprint density at radius 2 is 2.10 bits per heavy atom. The minimum atomic E-state index is -0.410. The van der Waals surface area contributed by atoms with Gasteiger partial charge in [0.1, 0.15) is 5.75 Å². The Balaban J connectivity index is 2.14. The van der Waals surface area contributed by atoms with Crippen LogP contribution in [0.15, 0.2) is 30.6 Å². The van der Waals surface area contributed by atoms with Crippen LogP contribution in [0.1, 0.15) is 27.0 Å². The van der Waals surface area contributed by atoms with E-state index in [0.717, 1.165) is 28.1 Å². The summed E-state index contributed by atoms with van der Waals surface area (Å²) in [5, 5.41) is 3.31. The van der Waals surface area contributed by atoms with Gasteiger partial charge in [0.05, 0.1) is 13.3 Å². The van der Waals surface area contributed by atoms with E-state index in [2.05, 4.69) is 10.3 Å². The highest BCUT2D eigenvalue weighted by Crippen LogP contribution is 2.21. The lowest BCUT2D eigenvalue weighted by molar-refractivity contribution is 0.1000. The zero-order valence-electron chi connectivity index (χ0n) is 12.4. The van der Waals surface area contributed by atoms with E-state index in [9.17, 15) is 4.79 Å². The maximum atomic E-state index is 11.2. The molecule has 0 aliphatic rings. The first-order valence-corrected chi connectivity index (χ1v) is 6.64. The average Bonchev–Trinajstić information content (AvgIpc) is 2.46. The van der Waals surface area contributed by atoms with Crippen molar-refractivity contribution in [2.45, 2.75) is 20.4 Å². The standard InChI is InChI=1S/C16H19N3O2/c1-10-6-13(4-5-14(10)16(17)20)19-8-12-7-18-9-15(21-3)11(12)2/h4-7,9,19H,8H2,1-3H3,(H2,17,20). The molecule has 5 nitrogen and oxygen atoms in total. The van der Waals surface area contributed by atoms with Crippen molar-refractivity contribution in [2.75, 3.05) is 12.4 Å². The Bertz CT molecular complexity index is 669. The fraction of sp³-hybridized carbons (Fsp3) is 0.250. The molecule has 0 radical (unpaired) electrons. The fourth-order valence-corrected chi connectivity index (χ4v) is 2.18. The van der Waals surface area contributed by atoms with Crippen LogP contribution >= 0.6 is 0 Å². The minimum Gasteiger partial charge on any atom is -0.495 e. The van der Waals surface area contributed by atoms with Gasteiger partial charge in [-0.15, -0.1) is 0 Å². The number of rotatable bonds is 5. The maximum absolute atomic E-state index is 11.2. The number of carbonyl (C=O) groups is 1. The number of pyridine rings is 1. The van der Waals surface area contributed by atoms with Crippen molar-refractivity contribution in [3.05, 3.63) is 52.8 Å². The van der Waals surface area contributed by atoms with Crippen molar-refractivity contribution in [1.29, 1.82) is 0 Å². The highest BCUT2D eigenvalue weighted by Gasteiger charge is 2.07. The number of hydrogen-bond acceptors (Lipinski definition) is 4. The van der Waals surface area contributed by atoms with Crippen LogP contribution in [0.3, 0.4) is 0 Å². The second-order valence-electron chi connectivity index (χ2n) is 4.87. The summed E-state index contributed by atoms with van der Waals surface area (Å²) < 4.78 is 5.26. The monoisotopic (exact) mass is 285 g/mol. The summed E-state index contributed by atoms with van der Waals surface area (Å²) in [5.74, 6) is 0.362. The lowest BCUT2D eigenvalue weighted by atomic mass is 10.1. The number of nitrogens with one attached hydrogen (secondary N) is 1. The van der Waals surface area contributed by atoms with Gasteiger partial charge in [-0.05, 0) is 48.7 Å². The number of ether oxygens (including phenoxy) is 1. The number of hydrogen-bond donors (Lipinski definition) is 2. The first kappa shape index (κ1) is 14.8. The number of aryl methyl sites for hydroxylation is 1. The van der Waals surface area contributed by atoms with Gasteiger partial charge in [-0.25, -0.2) is 0 Å². The average molecular weight is 285 g/mol. The first-order valence-electron chi connectivity index (χ1n) is 6.64. The molecule has 0 bridgehead atoms. The predicted octanol–water partition coefficient (Wildman–Crippen LogP) is 2.42. The van der Waals surface area contributed by atoms with E-state index in [-0.39, 0.29) is 0 Å². The normalized spacial score (nSPS) is 10.2. The largest absolute Gasteiger partial charge is 0.495 e. The number of benzene rings is 1. The molecule has 3 N–H and O–H groups in total. The second kappa shape index (κ2) is 6.26. The molecule has 5 heteroatoms. The first-order chi connectivity index (χ1) is 10.0. The van der Waals surface area contributed by atoms with Gasteiger partial charge in [0.15, 0.2) is 0 Å². The third-order valence-corrected chi connectivity index (χ3v) is 3.47. The fourth-order valence-electron chi connectivity index (χ4n) is 2.18. The van der Waals surface area contributed by atoms with Crippen molar-refractivity contribution < 1.29 is 9.53 Å². The lowest BCUT2D eigenvalue weighted by Gasteiger charge is -2.12. The molecule has 110 valence electrons. The van der Waals surface area contributed by atoms with E-state index in [0.29, 0.717) is 12.1 Å². The van der Waals surface area contributed by atoms with Gasteiger partial charge in [-0.3, -0.25) is 9.78 Å². The van der Waals surface area contributed by atoms with Gasteiger partial charge in [0, 0.05) is 24.0 Å². The second-order valence-corrected chi connectivity index (χ2v) is 4.87. The highest BCUT2D eigenvalue weighted by atomic mass is 16.5. The summed E-state index contributed by atoms with van der Waals surface area (Å²) in [5.41, 5.74) is 9.75. The molecule has 1 aromatic heterocycles. The molecule has 0 unspecified atom stereocenters. The van der Waals surface area contributed by atoms with E-state index in [1.807, 2.05) is 32.2 Å². The molecule has 0 saturated carbocycles. The molecular weight excluding hydrogens is 266 g/mol. The summed E-state index contributed by atoms with van der Waals surface area (Å²) in [6.45, 7) is 4.49. The topological polar surface area (TPSA) is 77.2 Å². The minimum absolute atomic E-state index is 0.410. The third kappa shape index (κ3) is 3.31. The zero-order chi connectivity index (χ0) is 15.4. The molecule has 2 aromatic rings. The van der Waals surface area contributed by atoms with E-state index in [1.54, 1.807) is 19.4 Å². The van der Waals surface area contributed by atoms with Crippen LogP contribution in [-0.2, 0) is 6.54 Å². The van der Waals surface area contributed by atoms with Crippen LogP contribution < -0.4 is 15.8 Å². The van der Waals surface area contributed by atoms with Crippen molar-refractivity contribution in [2.24, 2.45) is 5.73 Å². The molecular formula is C16H19N3O2. The quantitative estimate of drug-likeness (QED) is 0.884. The number of carbonyl (C=O) groups excluding carboxylic acids is 1. The van der Waals surface area contributed by atoms with E-state index >= 15 is 0 Å². The third-order valence-electron chi connectivity index (χ3n) is 3.47. The van der Waals surface area contributed by atoms with Crippen LogP contribution in [0.25, 0.3) is 0 Å². The van der Waals surface area contributed by atoms with Crippen LogP contribution in [-0.4, -0.2) is 18.0 Å². The SMILES string of the molecule is COc1cncc(CNc2ccc(C(N)=O)c(C)c2)c1C. The molecule has 0 aliphatic heterocycles. The van der Waals surface area contributed by atoms with Crippen molar-refractivity contribution in [3.63, 3.8) is 0 Å². The lowest BCUT2D eigenvalue weighted by Crippen LogP contribution is -2.13. The molecule has 1 heterocycles. The van der Waals surface area contributed by atoms with Crippen LogP contribution in [0.5, 0.6) is 5.75 Å². The van der Waals surface area contributed by atoms with E-state index < -0.39 is 5.91 Å². The number of primary amides is 1. The Morgan fingerprint density at radius 3 is 2.71 bits per heavy atom. The number of nitrogens with zero attached hydrogens (tertiary/aromatic N) is 1. The Kier molecular flexibility index (Phi) is 4.42. The van der Waals surface area contributed by atoms with Crippen molar-refractivity contribution >= 4 is 11.6 Å². The molecule has 1 aromatic carbocycles. The van der Waals surface area contributed by atoms with Gasteiger partial charge in [-0.1, -0.05) is 0 Å². The van der Waals surface area contributed by atoms with Crippen LogP contribution in [0.4, 0.5) is 5.69 Å². The molecule has 0 saturated heterocycles. The Morgan fingerprint density at radius 1 is 1.33 bits per heavy atom. The van der Waals surface area contributed by atoms with E-state index in [4.69, 9.17) is 10.5 Å². The number of amides is 1. The number of methoxy groups -OCH3 is 1. The van der Waals surface area contributed by atoms with Gasteiger partial charge in [0.2, 0.25) is 5.91 Å². The van der Waals surface area contributed by atoms with E-state index in [1.165, 1.54) is 0 Å². The number of anilines is 1. The maximum Gasteiger partial charge on any atom is 0.248 e. The Hall–Kier alpha value is -2.56. The number of nitrogens with two attached hydrogens (primary N) is 1. The summed E-state index contributed by atoms with van der Waals surface area (Å²) in [7, 11) is 1.63. The van der Waals surface area contributed by atoms with Gasteiger partial charge < -0.3 is 15.8 Å². The highest BCUT2D eigenvalue weighted by molar-refractivity contribution is 5.94. The van der Waals surface area contributed by atoms with Crippen LogP contribution in [0, 0.1) is 13.8 Å². The summed E-state index contributed by atoms with van der Waals surface area (Å²) in [6, 6.07) is 5.48. The summed E-state index contributed by atoms with van der Waals surface area (Å²) in [4.78, 5) is 15.4. The molecule has 0 atom stereocenters. The van der Waals surface area contributed by atoms with Gasteiger partial charge >= 0.3 is 0 Å². The van der Waals surface area contributed by atoms with Gasteiger partial charge in [0.25, 0.3) is 0 Å². The summed E-state index contributed by atoms with van der Waals surface area (Å²) >= 11 is 0. The molecule has 0 fully saturated rings. The molecule has 21 heavy (non-hydrogen) atoms. The Labute approximate surface area is 124 Å². The van der Waals surface area contributed by atoms with Gasteiger partial charge in [-0.2, -0.15) is 0 Å². The van der Waals surface area contributed by atoms with Crippen LogP contribution in [0.2, 0.25) is 0 Å². The molecule has 2 rings (SSSR count). The number of aromatic nitrogens is 1. The molecule has 0 spiro atoms. The predicted molar refractivity (Wildman–Crippen MR) is 82.5 cm³/mol. The molecule has 0 aliphatic carbocycles. The zero-order valence-corrected chi connectivity index (χ0v) is 12.4. The summed E-state index contributed by atoms with van der Waals surface area (Å²) in [6.07, 6.45) is 3.51. The van der Waals surface area contributed by atoms with Crippen molar-refractivity contribution in [1.82, 2.24) is 4.98 Å². The van der Waals surface area contributed by atoms with Crippen molar-refractivity contribution in [3.8, 4) is 5.75 Å². The smallest absolute Gasteiger partial charge is 0.248 e. The molecule has 1 amide bonds.